The molecule has 10 heteroatoms. The summed E-state index contributed by atoms with van der Waals surface area (Å²) in [6.07, 6.45) is -2.46. The summed E-state index contributed by atoms with van der Waals surface area (Å²) in [5.74, 6) is 0.0349. The second-order valence-corrected chi connectivity index (χ2v) is 9.25. The zero-order chi connectivity index (χ0) is 23.6. The number of nitrogens with one attached hydrogen (secondary N) is 1. The van der Waals surface area contributed by atoms with Gasteiger partial charge in [0.1, 0.15) is 12.4 Å². The highest BCUT2D eigenvalue weighted by atomic mass is 32.1. The molecule has 1 saturated heterocycles. The van der Waals surface area contributed by atoms with Crippen LogP contribution in [0.15, 0.2) is 36.5 Å². The first-order valence-corrected chi connectivity index (χ1v) is 11.2. The first kappa shape index (κ1) is 23.5. The summed E-state index contributed by atoms with van der Waals surface area (Å²) in [7, 11) is 0. The second-order valence-electron chi connectivity index (χ2n) is 7.99. The largest absolute Gasteiger partial charge is 0.489 e. The number of fused-ring (bicyclic) bond motifs is 1. The van der Waals surface area contributed by atoms with Crippen LogP contribution in [0, 0.1) is 6.92 Å². The average molecular weight is 481 g/mol. The number of benzene rings is 1. The molecule has 3 aromatic rings. The minimum atomic E-state index is -4.58. The second kappa shape index (κ2) is 9.28. The third-order valence-electron chi connectivity index (χ3n) is 5.75. The van der Waals surface area contributed by atoms with Crippen LogP contribution in [0.2, 0.25) is 0 Å². The van der Waals surface area contributed by atoms with Crippen molar-refractivity contribution in [1.82, 2.24) is 10.3 Å². The van der Waals surface area contributed by atoms with Crippen molar-refractivity contribution >= 4 is 27.3 Å². The molecule has 0 radical (unpaired) electrons. The van der Waals surface area contributed by atoms with Gasteiger partial charge in [-0.25, -0.2) is 0 Å². The Labute approximate surface area is 192 Å². The number of halogens is 3. The van der Waals surface area contributed by atoms with Crippen LogP contribution in [0.1, 0.15) is 39.3 Å². The molecule has 176 valence electrons. The van der Waals surface area contributed by atoms with Crippen molar-refractivity contribution in [2.45, 2.75) is 38.1 Å². The number of thiophene rings is 1. The van der Waals surface area contributed by atoms with E-state index in [-0.39, 0.29) is 24.7 Å². The predicted molar refractivity (Wildman–Crippen MR) is 117 cm³/mol. The summed E-state index contributed by atoms with van der Waals surface area (Å²) in [6.45, 7) is 2.24. The number of nitrogens with zero attached hydrogens (tertiary/aromatic N) is 1. The number of aliphatic hydroxyl groups excluding tert-OH is 1. The van der Waals surface area contributed by atoms with Crippen molar-refractivity contribution in [3.05, 3.63) is 58.2 Å². The van der Waals surface area contributed by atoms with Crippen molar-refractivity contribution in [2.24, 2.45) is 0 Å². The third kappa shape index (κ3) is 4.97. The van der Waals surface area contributed by atoms with E-state index in [2.05, 4.69) is 10.3 Å². The summed E-state index contributed by atoms with van der Waals surface area (Å²) in [4.78, 5) is 17.4. The Morgan fingerprint density at radius 1 is 1.30 bits per heavy atom. The number of ether oxygens (including phenoxy) is 2. The van der Waals surface area contributed by atoms with Crippen LogP contribution in [-0.4, -0.2) is 41.4 Å². The number of aryl methyl sites for hydroxylation is 1. The van der Waals surface area contributed by atoms with E-state index >= 15 is 0 Å². The fourth-order valence-corrected chi connectivity index (χ4v) is 4.97. The molecular weight excluding hydrogens is 457 g/mol. The fraction of sp³-hybridized carbons (Fsp3) is 0.391. The number of rotatable bonds is 6. The third-order valence-corrected chi connectivity index (χ3v) is 6.83. The van der Waals surface area contributed by atoms with Crippen LogP contribution < -0.4 is 10.1 Å². The lowest BCUT2D eigenvalue weighted by atomic mass is 9.90. The highest BCUT2D eigenvalue weighted by molar-refractivity contribution is 7.19. The van der Waals surface area contributed by atoms with E-state index in [0.717, 1.165) is 15.8 Å². The fourth-order valence-electron chi connectivity index (χ4n) is 3.93. The van der Waals surface area contributed by atoms with Crippen LogP contribution >= 0.6 is 11.3 Å². The zero-order valence-electron chi connectivity index (χ0n) is 17.9. The van der Waals surface area contributed by atoms with E-state index < -0.39 is 17.4 Å². The minimum Gasteiger partial charge on any atom is -0.489 e. The van der Waals surface area contributed by atoms with Crippen LogP contribution in [0.4, 0.5) is 13.2 Å². The van der Waals surface area contributed by atoms with Gasteiger partial charge in [0.15, 0.2) is 5.69 Å². The van der Waals surface area contributed by atoms with Crippen LogP contribution in [0.3, 0.4) is 0 Å². The highest BCUT2D eigenvalue weighted by Crippen LogP contribution is 2.35. The van der Waals surface area contributed by atoms with Gasteiger partial charge in [0.2, 0.25) is 0 Å². The maximum atomic E-state index is 13.2. The number of amides is 1. The van der Waals surface area contributed by atoms with E-state index in [1.54, 1.807) is 18.2 Å². The van der Waals surface area contributed by atoms with E-state index in [1.807, 2.05) is 6.92 Å². The lowest BCUT2D eigenvalue weighted by Crippen LogP contribution is -2.54. The summed E-state index contributed by atoms with van der Waals surface area (Å²) >= 11 is 1.44. The van der Waals surface area contributed by atoms with Gasteiger partial charge in [0.25, 0.3) is 5.91 Å². The molecule has 0 aliphatic carbocycles. The van der Waals surface area contributed by atoms with Crippen molar-refractivity contribution in [2.75, 3.05) is 19.8 Å². The Balaban J connectivity index is 1.58. The molecule has 0 bridgehead atoms. The number of hydrogen-bond acceptors (Lipinski definition) is 6. The molecule has 1 fully saturated rings. The normalized spacial score (nSPS) is 16.0. The van der Waals surface area contributed by atoms with Gasteiger partial charge < -0.3 is 19.9 Å². The molecule has 1 aliphatic heterocycles. The average Bonchev–Trinajstić information content (AvgIpc) is 3.13. The molecule has 0 spiro atoms. The maximum Gasteiger partial charge on any atom is 0.433 e. The summed E-state index contributed by atoms with van der Waals surface area (Å²) < 4.78 is 51.4. The molecule has 0 saturated carbocycles. The van der Waals surface area contributed by atoms with Crippen LogP contribution in [0.25, 0.3) is 10.1 Å². The van der Waals surface area contributed by atoms with Gasteiger partial charge in [-0.2, -0.15) is 13.2 Å². The van der Waals surface area contributed by atoms with Crippen molar-refractivity contribution in [3.63, 3.8) is 0 Å². The van der Waals surface area contributed by atoms with Gasteiger partial charge >= 0.3 is 6.18 Å². The number of carbonyl (C=O) groups is 1. The number of alkyl halides is 3. The summed E-state index contributed by atoms with van der Waals surface area (Å²) in [6, 6.07) is 7.85. The molecule has 0 atom stereocenters. The topological polar surface area (TPSA) is 80.7 Å². The Morgan fingerprint density at radius 3 is 2.76 bits per heavy atom. The number of hydrogen-bond donors (Lipinski definition) is 2. The Kier molecular flexibility index (Phi) is 6.60. The van der Waals surface area contributed by atoms with Crippen molar-refractivity contribution in [3.8, 4) is 5.75 Å². The maximum absolute atomic E-state index is 13.2. The minimum absolute atomic E-state index is 0.0750. The number of aliphatic hydroxyl groups is 1. The van der Waals surface area contributed by atoms with Crippen molar-refractivity contribution in [1.29, 1.82) is 0 Å². The van der Waals surface area contributed by atoms with Gasteiger partial charge in [-0.3, -0.25) is 9.78 Å². The van der Waals surface area contributed by atoms with Crippen molar-refractivity contribution < 1.29 is 32.5 Å². The Morgan fingerprint density at radius 2 is 2.06 bits per heavy atom. The molecule has 33 heavy (non-hydrogen) atoms. The van der Waals surface area contributed by atoms with Gasteiger partial charge in [0, 0.05) is 39.9 Å². The summed E-state index contributed by atoms with van der Waals surface area (Å²) in [5.41, 5.74) is -1.33. The van der Waals surface area contributed by atoms with Gasteiger partial charge in [-0.1, -0.05) is 6.07 Å². The standard InChI is InChI=1S/C23H23F3N2O4S/c1-14-19(21(30)28-22(13-29)6-9-31-10-7-22)17-11-16(4-5-18(17)33-14)32-12-15-3-2-8-27-20(15)23(24,25)26/h2-5,8,11,29H,6-7,9-10,12-13H2,1H3,(H,28,30). The molecule has 2 aromatic heterocycles. The number of aromatic nitrogens is 1. The first-order valence-electron chi connectivity index (χ1n) is 10.4. The van der Waals surface area contributed by atoms with E-state index in [4.69, 9.17) is 9.47 Å². The highest BCUT2D eigenvalue weighted by Gasteiger charge is 2.36. The predicted octanol–water partition coefficient (Wildman–Crippen LogP) is 4.47. The number of pyridine rings is 1. The molecule has 1 aromatic carbocycles. The van der Waals surface area contributed by atoms with Gasteiger partial charge in [-0.15, -0.1) is 11.3 Å². The van der Waals surface area contributed by atoms with Gasteiger partial charge in [0.05, 0.1) is 17.7 Å². The molecule has 1 aliphatic rings. The van der Waals surface area contributed by atoms with Gasteiger partial charge in [-0.05, 0) is 44.0 Å². The quantitative estimate of drug-likeness (QED) is 0.544. The Bertz CT molecular complexity index is 1160. The smallest absolute Gasteiger partial charge is 0.433 e. The SMILES string of the molecule is Cc1sc2ccc(OCc3cccnc3C(F)(F)F)cc2c1C(=O)NC1(CO)CCOCC1. The van der Waals surface area contributed by atoms with Crippen LogP contribution in [0.5, 0.6) is 5.75 Å². The van der Waals surface area contributed by atoms with Crippen LogP contribution in [-0.2, 0) is 17.5 Å². The molecule has 4 rings (SSSR count). The molecule has 2 N–H and O–H groups in total. The molecule has 3 heterocycles. The number of carbonyl (C=O) groups excluding carboxylic acids is 1. The molecule has 1 amide bonds. The monoisotopic (exact) mass is 480 g/mol. The molecule has 6 nitrogen and oxygen atoms in total. The molecular formula is C23H23F3N2O4S. The van der Waals surface area contributed by atoms with E-state index in [0.29, 0.717) is 42.8 Å². The zero-order valence-corrected chi connectivity index (χ0v) is 18.7. The Hall–Kier alpha value is -2.69. The summed E-state index contributed by atoms with van der Waals surface area (Å²) in [5, 5.41) is 13.5. The lowest BCUT2D eigenvalue weighted by Gasteiger charge is -2.36. The lowest BCUT2D eigenvalue weighted by molar-refractivity contribution is -0.142. The van der Waals surface area contributed by atoms with E-state index in [1.165, 1.54) is 23.5 Å². The molecule has 0 unspecified atom stereocenters. The van der Waals surface area contributed by atoms with E-state index in [9.17, 15) is 23.1 Å². The first-order chi connectivity index (χ1) is 15.7.